The standard InChI is InChI=1S/C14H10ClFOS/c15-10-4-3-9(7-11(10)16)12-5-6-13(18-12)14(17)8-1-2-8/h3-8H,1-2H2. The largest absolute Gasteiger partial charge is 0.293 e. The van der Waals surface area contributed by atoms with Crippen molar-refractivity contribution in [3.8, 4) is 10.4 Å². The van der Waals surface area contributed by atoms with E-state index in [0.717, 1.165) is 28.2 Å². The Morgan fingerprint density at radius 3 is 2.72 bits per heavy atom. The van der Waals surface area contributed by atoms with Gasteiger partial charge in [-0.25, -0.2) is 4.39 Å². The first-order chi connectivity index (χ1) is 8.65. The van der Waals surface area contributed by atoms with E-state index in [1.165, 1.54) is 23.5 Å². The van der Waals surface area contributed by atoms with Crippen LogP contribution < -0.4 is 0 Å². The van der Waals surface area contributed by atoms with Gasteiger partial charge in [0.2, 0.25) is 0 Å². The Kier molecular flexibility index (Phi) is 2.96. The van der Waals surface area contributed by atoms with Crippen LogP contribution in [0.1, 0.15) is 22.5 Å². The average molecular weight is 281 g/mol. The Morgan fingerprint density at radius 2 is 2.06 bits per heavy atom. The molecule has 92 valence electrons. The summed E-state index contributed by atoms with van der Waals surface area (Å²) in [5.74, 6) is 0.0109. The van der Waals surface area contributed by atoms with Crippen molar-refractivity contribution < 1.29 is 9.18 Å². The molecule has 1 nitrogen and oxygen atoms in total. The summed E-state index contributed by atoms with van der Waals surface area (Å²) in [6.45, 7) is 0. The van der Waals surface area contributed by atoms with Gasteiger partial charge < -0.3 is 0 Å². The second kappa shape index (κ2) is 4.48. The number of carbonyl (C=O) groups is 1. The van der Waals surface area contributed by atoms with E-state index in [1.807, 2.05) is 12.1 Å². The number of hydrogen-bond acceptors (Lipinski definition) is 2. The number of halogens is 2. The van der Waals surface area contributed by atoms with Crippen molar-refractivity contribution in [3.63, 3.8) is 0 Å². The summed E-state index contributed by atoms with van der Waals surface area (Å²) in [6, 6.07) is 8.40. The van der Waals surface area contributed by atoms with Crippen LogP contribution in [-0.2, 0) is 0 Å². The van der Waals surface area contributed by atoms with E-state index in [2.05, 4.69) is 0 Å². The third-order valence-electron chi connectivity index (χ3n) is 3.00. The molecule has 0 N–H and O–H groups in total. The van der Waals surface area contributed by atoms with Crippen LogP contribution in [0, 0.1) is 11.7 Å². The van der Waals surface area contributed by atoms with Gasteiger partial charge in [0.25, 0.3) is 0 Å². The maximum absolute atomic E-state index is 13.4. The van der Waals surface area contributed by atoms with E-state index in [9.17, 15) is 9.18 Å². The van der Waals surface area contributed by atoms with Gasteiger partial charge in [-0.15, -0.1) is 11.3 Å². The molecule has 2 aromatic rings. The predicted molar refractivity (Wildman–Crippen MR) is 71.8 cm³/mol. The summed E-state index contributed by atoms with van der Waals surface area (Å²) in [7, 11) is 0. The predicted octanol–water partition coefficient (Wildman–Crippen LogP) is 4.80. The average Bonchev–Trinajstić information content (AvgIpc) is 3.09. The summed E-state index contributed by atoms with van der Waals surface area (Å²) in [4.78, 5) is 13.6. The first-order valence-electron chi connectivity index (χ1n) is 5.74. The summed E-state index contributed by atoms with van der Waals surface area (Å²) < 4.78 is 13.4. The Balaban J connectivity index is 1.92. The number of ketones is 1. The fourth-order valence-electron chi connectivity index (χ4n) is 1.82. The lowest BCUT2D eigenvalue weighted by Gasteiger charge is -1.99. The molecule has 4 heteroatoms. The first kappa shape index (κ1) is 11.9. The van der Waals surface area contributed by atoms with Crippen LogP contribution in [0.4, 0.5) is 4.39 Å². The summed E-state index contributed by atoms with van der Waals surface area (Å²) in [5.41, 5.74) is 0.761. The summed E-state index contributed by atoms with van der Waals surface area (Å²) >= 11 is 7.07. The molecule has 0 spiro atoms. The molecule has 0 amide bonds. The van der Waals surface area contributed by atoms with Gasteiger partial charge in [0.1, 0.15) is 5.82 Å². The van der Waals surface area contributed by atoms with Crippen LogP contribution >= 0.6 is 22.9 Å². The Bertz CT molecular complexity index is 616. The van der Waals surface area contributed by atoms with Crippen LogP contribution in [-0.4, -0.2) is 5.78 Å². The maximum atomic E-state index is 13.4. The molecule has 0 radical (unpaired) electrons. The number of thiophene rings is 1. The third-order valence-corrected chi connectivity index (χ3v) is 4.46. The molecular weight excluding hydrogens is 271 g/mol. The maximum Gasteiger partial charge on any atom is 0.175 e. The summed E-state index contributed by atoms with van der Waals surface area (Å²) in [6.07, 6.45) is 2.00. The summed E-state index contributed by atoms with van der Waals surface area (Å²) in [5, 5.41) is 0.115. The highest BCUT2D eigenvalue weighted by molar-refractivity contribution is 7.17. The Hall–Kier alpha value is -1.19. The SMILES string of the molecule is O=C(c1ccc(-c2ccc(Cl)c(F)c2)s1)C1CC1. The van der Waals surface area contributed by atoms with Gasteiger partial charge in [-0.05, 0) is 42.7 Å². The zero-order valence-electron chi connectivity index (χ0n) is 9.45. The number of Topliss-reactive ketones (excluding diaryl/α,β-unsaturated/α-hetero) is 1. The topological polar surface area (TPSA) is 17.1 Å². The third kappa shape index (κ3) is 2.20. The minimum atomic E-state index is -0.433. The van der Waals surface area contributed by atoms with Crippen molar-refractivity contribution in [1.82, 2.24) is 0 Å². The molecule has 1 aromatic carbocycles. The smallest absolute Gasteiger partial charge is 0.175 e. The molecule has 1 heterocycles. The molecular formula is C14H10ClFOS. The molecule has 0 unspecified atom stereocenters. The Morgan fingerprint density at radius 1 is 1.28 bits per heavy atom. The van der Waals surface area contributed by atoms with Crippen molar-refractivity contribution in [3.05, 3.63) is 46.0 Å². The van der Waals surface area contributed by atoms with E-state index < -0.39 is 5.82 Å². The van der Waals surface area contributed by atoms with Crippen LogP contribution in [0.15, 0.2) is 30.3 Å². The molecule has 3 rings (SSSR count). The Labute approximate surface area is 113 Å². The normalized spacial score (nSPS) is 14.8. The van der Waals surface area contributed by atoms with Crippen molar-refractivity contribution in [2.45, 2.75) is 12.8 Å². The number of hydrogen-bond donors (Lipinski definition) is 0. The van der Waals surface area contributed by atoms with E-state index >= 15 is 0 Å². The fraction of sp³-hybridized carbons (Fsp3) is 0.214. The number of carbonyl (C=O) groups excluding carboxylic acids is 1. The molecule has 1 aliphatic rings. The van der Waals surface area contributed by atoms with E-state index in [-0.39, 0.29) is 16.7 Å². The van der Waals surface area contributed by atoms with Gasteiger partial charge in [0.15, 0.2) is 5.78 Å². The van der Waals surface area contributed by atoms with Crippen molar-refractivity contribution in [1.29, 1.82) is 0 Å². The lowest BCUT2D eigenvalue weighted by atomic mass is 10.2. The van der Waals surface area contributed by atoms with E-state index in [0.29, 0.717) is 0 Å². The monoisotopic (exact) mass is 280 g/mol. The second-order valence-electron chi connectivity index (χ2n) is 4.43. The lowest BCUT2D eigenvalue weighted by molar-refractivity contribution is 0.0971. The lowest BCUT2D eigenvalue weighted by Crippen LogP contribution is -1.96. The van der Waals surface area contributed by atoms with Crippen LogP contribution in [0.5, 0.6) is 0 Å². The highest BCUT2D eigenvalue weighted by Gasteiger charge is 2.31. The van der Waals surface area contributed by atoms with Gasteiger partial charge in [0, 0.05) is 10.8 Å². The van der Waals surface area contributed by atoms with Gasteiger partial charge in [0.05, 0.1) is 9.90 Å². The molecule has 1 fully saturated rings. The molecule has 18 heavy (non-hydrogen) atoms. The molecule has 0 aliphatic heterocycles. The fourth-order valence-corrected chi connectivity index (χ4v) is 2.96. The van der Waals surface area contributed by atoms with E-state index in [1.54, 1.807) is 6.07 Å². The van der Waals surface area contributed by atoms with Gasteiger partial charge >= 0.3 is 0 Å². The molecule has 0 saturated heterocycles. The van der Waals surface area contributed by atoms with Crippen LogP contribution in [0.2, 0.25) is 5.02 Å². The van der Waals surface area contributed by atoms with Crippen LogP contribution in [0.3, 0.4) is 0 Å². The minimum Gasteiger partial charge on any atom is -0.293 e. The van der Waals surface area contributed by atoms with Gasteiger partial charge in [-0.2, -0.15) is 0 Å². The molecule has 0 atom stereocenters. The van der Waals surface area contributed by atoms with Gasteiger partial charge in [-0.1, -0.05) is 17.7 Å². The molecule has 0 bridgehead atoms. The number of benzene rings is 1. The van der Waals surface area contributed by atoms with Crippen molar-refractivity contribution in [2.75, 3.05) is 0 Å². The van der Waals surface area contributed by atoms with E-state index in [4.69, 9.17) is 11.6 Å². The highest BCUT2D eigenvalue weighted by Crippen LogP contribution is 2.37. The quantitative estimate of drug-likeness (QED) is 0.738. The van der Waals surface area contributed by atoms with Crippen molar-refractivity contribution >= 4 is 28.7 Å². The van der Waals surface area contributed by atoms with Gasteiger partial charge in [-0.3, -0.25) is 4.79 Å². The zero-order valence-corrected chi connectivity index (χ0v) is 11.0. The number of rotatable bonds is 3. The molecule has 1 saturated carbocycles. The van der Waals surface area contributed by atoms with Crippen molar-refractivity contribution in [2.24, 2.45) is 5.92 Å². The second-order valence-corrected chi connectivity index (χ2v) is 5.92. The van der Waals surface area contributed by atoms with Crippen LogP contribution in [0.25, 0.3) is 10.4 Å². The minimum absolute atomic E-state index is 0.115. The molecule has 1 aliphatic carbocycles. The zero-order chi connectivity index (χ0) is 12.7. The molecule has 1 aromatic heterocycles. The highest BCUT2D eigenvalue weighted by atomic mass is 35.5. The first-order valence-corrected chi connectivity index (χ1v) is 6.94.